The molecule has 1 heterocycles. The molecule has 0 amide bonds. The molecule has 2 N–H and O–H groups in total. The Morgan fingerprint density at radius 1 is 1.00 bits per heavy atom. The van der Waals surface area contributed by atoms with Gasteiger partial charge in [0.25, 0.3) is 0 Å². The van der Waals surface area contributed by atoms with Crippen molar-refractivity contribution in [2.45, 2.75) is 50.7 Å². The highest BCUT2D eigenvalue weighted by atomic mass is 16.5. The molecule has 3 aromatic rings. The van der Waals surface area contributed by atoms with Crippen LogP contribution in [-0.4, -0.2) is 38.8 Å². The maximum absolute atomic E-state index is 12.3. The molecule has 0 radical (unpaired) electrons. The number of carbonyl (C=O) groups is 1. The van der Waals surface area contributed by atoms with Crippen LogP contribution in [0.15, 0.2) is 78.9 Å². The Balaban J connectivity index is 1.66. The van der Waals surface area contributed by atoms with Crippen molar-refractivity contribution in [3.05, 3.63) is 101 Å². The zero-order valence-corrected chi connectivity index (χ0v) is 21.6. The third-order valence-corrected chi connectivity index (χ3v) is 7.26. The summed E-state index contributed by atoms with van der Waals surface area (Å²) in [5, 5.41) is 7.62. The van der Waals surface area contributed by atoms with E-state index in [2.05, 4.69) is 96.4 Å². The van der Waals surface area contributed by atoms with Gasteiger partial charge >= 0.3 is 5.97 Å². The van der Waals surface area contributed by atoms with Gasteiger partial charge in [-0.1, -0.05) is 86.1 Å². The van der Waals surface area contributed by atoms with Crippen molar-refractivity contribution < 1.29 is 14.3 Å². The number of nitrogens with one attached hydrogen (secondary N) is 2. The Hall–Kier alpha value is -3.15. The third-order valence-electron chi connectivity index (χ3n) is 7.26. The van der Waals surface area contributed by atoms with Crippen LogP contribution in [-0.2, 0) is 22.5 Å². The van der Waals surface area contributed by atoms with E-state index in [9.17, 15) is 4.79 Å². The maximum atomic E-state index is 12.3. The maximum Gasteiger partial charge on any atom is 0.305 e. The minimum absolute atomic E-state index is 0.0639. The summed E-state index contributed by atoms with van der Waals surface area (Å²) in [6, 6.07) is 27.9. The van der Waals surface area contributed by atoms with Gasteiger partial charge in [0.15, 0.2) is 0 Å². The van der Waals surface area contributed by atoms with Crippen LogP contribution in [0.25, 0.3) is 0 Å². The quantitative estimate of drug-likeness (QED) is 0.370. The molecule has 0 unspecified atom stereocenters. The normalized spacial score (nSPS) is 19.4. The largest absolute Gasteiger partial charge is 0.496 e. The molecule has 1 saturated heterocycles. The van der Waals surface area contributed by atoms with E-state index < -0.39 is 0 Å². The highest BCUT2D eigenvalue weighted by molar-refractivity contribution is 5.69. The van der Waals surface area contributed by atoms with E-state index in [-0.39, 0.29) is 29.9 Å². The summed E-state index contributed by atoms with van der Waals surface area (Å²) in [6.07, 6.45) is 2.52. The molecule has 1 aliphatic heterocycles. The molecule has 1 aliphatic rings. The van der Waals surface area contributed by atoms with Crippen molar-refractivity contribution in [3.8, 4) is 5.75 Å². The minimum atomic E-state index is -0.173. The van der Waals surface area contributed by atoms with Crippen LogP contribution in [0.1, 0.15) is 47.9 Å². The van der Waals surface area contributed by atoms with Crippen LogP contribution in [0.5, 0.6) is 5.75 Å². The first-order valence-corrected chi connectivity index (χ1v) is 12.9. The number of esters is 1. The zero-order valence-electron chi connectivity index (χ0n) is 21.6. The van der Waals surface area contributed by atoms with Crippen LogP contribution in [0.4, 0.5) is 0 Å². The van der Waals surface area contributed by atoms with E-state index in [1.807, 2.05) is 0 Å². The highest BCUT2D eigenvalue weighted by Gasteiger charge is 2.42. The fourth-order valence-electron chi connectivity index (χ4n) is 5.52. The number of rotatable bonds is 11. The molecule has 0 spiro atoms. The second-order valence-electron chi connectivity index (χ2n) is 9.58. The van der Waals surface area contributed by atoms with E-state index in [0.717, 1.165) is 30.7 Å². The van der Waals surface area contributed by atoms with Gasteiger partial charge in [-0.2, -0.15) is 0 Å². The third kappa shape index (κ3) is 6.15. The first-order valence-electron chi connectivity index (χ1n) is 12.9. The Labute approximate surface area is 215 Å². The van der Waals surface area contributed by atoms with Gasteiger partial charge in [0, 0.05) is 36.7 Å². The molecule has 4 rings (SSSR count). The van der Waals surface area contributed by atoms with Crippen LogP contribution in [0.2, 0.25) is 0 Å². The minimum Gasteiger partial charge on any atom is -0.496 e. The molecule has 5 nitrogen and oxygen atoms in total. The molecule has 0 aromatic heterocycles. The molecule has 3 aromatic carbocycles. The number of hydrogen-bond donors (Lipinski definition) is 2. The number of carbonyl (C=O) groups excluding carboxylic acids is 1. The lowest BCUT2D eigenvalue weighted by Crippen LogP contribution is -2.47. The van der Waals surface area contributed by atoms with Crippen molar-refractivity contribution in [2.24, 2.45) is 5.92 Å². The standard InChI is InChI=1S/C31H38N2O3/c1-4-11-22-16-17-27(35-2)25(18-22)20-32-30-26(19-28(34)36-3)21-33-31(30)29(23-12-7-5-8-13-23)24-14-9-6-10-15-24/h5-10,12-18,26,29-33H,4,11,19-21H2,1-3H3/t26-,30-,31-/m0/s1. The monoisotopic (exact) mass is 486 g/mol. The topological polar surface area (TPSA) is 59.6 Å². The second-order valence-corrected chi connectivity index (χ2v) is 9.58. The molecule has 3 atom stereocenters. The van der Waals surface area contributed by atoms with E-state index >= 15 is 0 Å². The molecule has 5 heteroatoms. The lowest BCUT2D eigenvalue weighted by Gasteiger charge is -2.32. The van der Waals surface area contributed by atoms with Crippen LogP contribution < -0.4 is 15.4 Å². The van der Waals surface area contributed by atoms with Crippen molar-refractivity contribution in [1.82, 2.24) is 10.6 Å². The Morgan fingerprint density at radius 2 is 1.67 bits per heavy atom. The summed E-state index contributed by atoms with van der Waals surface area (Å²) in [5.41, 5.74) is 4.97. The van der Waals surface area contributed by atoms with Gasteiger partial charge in [-0.05, 0) is 35.1 Å². The molecule has 36 heavy (non-hydrogen) atoms. The van der Waals surface area contributed by atoms with E-state index in [4.69, 9.17) is 9.47 Å². The molecular formula is C31H38N2O3. The van der Waals surface area contributed by atoms with Crippen molar-refractivity contribution >= 4 is 5.97 Å². The van der Waals surface area contributed by atoms with Crippen molar-refractivity contribution in [1.29, 1.82) is 0 Å². The smallest absolute Gasteiger partial charge is 0.305 e. The Morgan fingerprint density at radius 3 is 2.25 bits per heavy atom. The Bertz CT molecular complexity index is 1060. The van der Waals surface area contributed by atoms with Crippen molar-refractivity contribution in [2.75, 3.05) is 20.8 Å². The van der Waals surface area contributed by atoms with E-state index in [1.165, 1.54) is 23.8 Å². The van der Waals surface area contributed by atoms with Gasteiger partial charge in [0.2, 0.25) is 0 Å². The fourth-order valence-corrected chi connectivity index (χ4v) is 5.52. The second kappa shape index (κ2) is 12.7. The number of hydrogen-bond acceptors (Lipinski definition) is 5. The van der Waals surface area contributed by atoms with Gasteiger partial charge < -0.3 is 20.1 Å². The average Bonchev–Trinajstić information content (AvgIpc) is 3.30. The van der Waals surface area contributed by atoms with Crippen molar-refractivity contribution in [3.63, 3.8) is 0 Å². The number of benzene rings is 3. The van der Waals surface area contributed by atoms with Crippen LogP contribution in [0.3, 0.4) is 0 Å². The number of methoxy groups -OCH3 is 2. The molecular weight excluding hydrogens is 448 g/mol. The average molecular weight is 487 g/mol. The van der Waals surface area contributed by atoms with E-state index in [1.54, 1.807) is 7.11 Å². The summed E-state index contributed by atoms with van der Waals surface area (Å²) in [5.74, 6) is 0.966. The van der Waals surface area contributed by atoms with Gasteiger partial charge in [-0.3, -0.25) is 4.79 Å². The highest BCUT2D eigenvalue weighted by Crippen LogP contribution is 2.35. The fraction of sp³-hybridized carbons (Fsp3) is 0.387. The lowest BCUT2D eigenvalue weighted by atomic mass is 9.80. The molecule has 0 saturated carbocycles. The van der Waals surface area contributed by atoms with E-state index in [0.29, 0.717) is 13.0 Å². The lowest BCUT2D eigenvalue weighted by molar-refractivity contribution is -0.141. The number of aryl methyl sites for hydroxylation is 1. The Kier molecular flexibility index (Phi) is 9.15. The summed E-state index contributed by atoms with van der Waals surface area (Å²) in [6.45, 7) is 3.61. The first kappa shape index (κ1) is 25.9. The summed E-state index contributed by atoms with van der Waals surface area (Å²) in [4.78, 5) is 12.3. The summed E-state index contributed by atoms with van der Waals surface area (Å²) in [7, 11) is 3.19. The van der Waals surface area contributed by atoms with Gasteiger partial charge in [-0.15, -0.1) is 0 Å². The summed E-state index contributed by atoms with van der Waals surface area (Å²) < 4.78 is 10.7. The predicted molar refractivity (Wildman–Crippen MR) is 144 cm³/mol. The first-order chi connectivity index (χ1) is 17.6. The number of ether oxygens (including phenoxy) is 2. The molecule has 1 fully saturated rings. The zero-order chi connectivity index (χ0) is 25.3. The SMILES string of the molecule is CCCc1ccc(OC)c(CN[C@H]2[C@@H](CC(=O)OC)CN[C@H]2C(c2ccccc2)c2ccccc2)c1. The van der Waals surface area contributed by atoms with Gasteiger partial charge in [0.1, 0.15) is 5.75 Å². The molecule has 0 bridgehead atoms. The van der Waals surface area contributed by atoms with Crippen LogP contribution in [0, 0.1) is 5.92 Å². The van der Waals surface area contributed by atoms with Crippen LogP contribution >= 0.6 is 0 Å². The molecule has 190 valence electrons. The van der Waals surface area contributed by atoms with Gasteiger partial charge in [0.05, 0.1) is 20.6 Å². The predicted octanol–water partition coefficient (Wildman–Crippen LogP) is 5.09. The summed E-state index contributed by atoms with van der Waals surface area (Å²) >= 11 is 0. The van der Waals surface area contributed by atoms with Gasteiger partial charge in [-0.25, -0.2) is 0 Å². The molecule has 0 aliphatic carbocycles.